The first-order valence-electron chi connectivity index (χ1n) is 10.2. The molecule has 2 amide bonds. The number of nitrogens with zero attached hydrogens (tertiary/aromatic N) is 3. The van der Waals surface area contributed by atoms with Crippen LogP contribution in [0.1, 0.15) is 24.5 Å². The Kier molecular flexibility index (Phi) is 6.17. The van der Waals surface area contributed by atoms with Crippen LogP contribution >= 0.6 is 0 Å². The Bertz CT molecular complexity index is 1170. The minimum absolute atomic E-state index is 0.0289. The minimum atomic E-state index is -4.76. The molecule has 0 saturated carbocycles. The smallest absolute Gasteiger partial charge is 0.403 e. The average Bonchev–Trinajstić information content (AvgIpc) is 3.24. The normalized spacial score (nSPS) is 17.9. The number of rotatable bonds is 3. The highest BCUT2D eigenvalue weighted by Crippen LogP contribution is 2.33. The number of aromatic nitrogens is 2. The summed E-state index contributed by atoms with van der Waals surface area (Å²) in [4.78, 5) is 14.2. The molecule has 3 aromatic rings. The Balaban J connectivity index is 1.40. The zero-order valence-electron chi connectivity index (χ0n) is 17.6. The summed E-state index contributed by atoms with van der Waals surface area (Å²) in [5.74, 6) is -1.13. The van der Waals surface area contributed by atoms with Gasteiger partial charge in [0.1, 0.15) is 5.82 Å². The highest BCUT2D eigenvalue weighted by Gasteiger charge is 2.34. The number of benzene rings is 2. The molecule has 33 heavy (non-hydrogen) atoms. The Morgan fingerprint density at radius 1 is 1.18 bits per heavy atom. The molecule has 0 radical (unpaired) electrons. The summed E-state index contributed by atoms with van der Waals surface area (Å²) in [5, 5.41) is 10.3. The molecule has 1 N–H and O–H groups in total. The lowest BCUT2D eigenvalue weighted by Gasteiger charge is -2.32. The second kappa shape index (κ2) is 9.05. The Labute approximate surface area is 186 Å². The van der Waals surface area contributed by atoms with E-state index in [1.165, 1.54) is 6.07 Å². The molecular weight excluding hydrogens is 440 g/mol. The fraction of sp³-hybridized carbons (Fsp3) is 0.261. The van der Waals surface area contributed by atoms with Crippen LogP contribution in [0.4, 0.5) is 28.4 Å². The first-order chi connectivity index (χ1) is 15.7. The number of anilines is 1. The van der Waals surface area contributed by atoms with Crippen molar-refractivity contribution in [2.24, 2.45) is 5.92 Å². The van der Waals surface area contributed by atoms with Crippen LogP contribution in [0.5, 0.6) is 0 Å². The van der Waals surface area contributed by atoms with Crippen molar-refractivity contribution in [2.75, 3.05) is 18.4 Å². The summed E-state index contributed by atoms with van der Waals surface area (Å²) in [6, 6.07) is 11.6. The fourth-order valence-electron chi connectivity index (χ4n) is 3.65. The van der Waals surface area contributed by atoms with E-state index < -0.39 is 23.6 Å². The molecule has 2 heterocycles. The number of alkyl halides is 3. The minimum Gasteiger partial charge on any atom is -0.403 e. The quantitative estimate of drug-likeness (QED) is 0.498. The van der Waals surface area contributed by atoms with Crippen molar-refractivity contribution in [1.82, 2.24) is 15.1 Å². The number of piperidine rings is 1. The van der Waals surface area contributed by atoms with Gasteiger partial charge in [0.25, 0.3) is 0 Å². The van der Waals surface area contributed by atoms with E-state index in [9.17, 15) is 22.4 Å². The summed E-state index contributed by atoms with van der Waals surface area (Å²) in [7, 11) is 0. The van der Waals surface area contributed by atoms with E-state index in [1.807, 2.05) is 25.1 Å². The first-order valence-corrected chi connectivity index (χ1v) is 10.2. The Hall–Kier alpha value is -3.69. The lowest BCUT2D eigenvalue weighted by atomic mass is 9.91. The molecule has 2 aromatic carbocycles. The van der Waals surface area contributed by atoms with Gasteiger partial charge in [-0.3, -0.25) is 5.32 Å². The van der Waals surface area contributed by atoms with Crippen molar-refractivity contribution >= 4 is 18.1 Å². The number of hydrogen-bond donors (Lipinski definition) is 1. The number of hydrogen-bond acceptors (Lipinski definition) is 4. The summed E-state index contributed by atoms with van der Waals surface area (Å²) >= 11 is 0. The molecule has 0 aliphatic carbocycles. The summed E-state index contributed by atoms with van der Waals surface area (Å²) in [5.41, 5.74) is 0.572. The third-order valence-corrected chi connectivity index (χ3v) is 5.39. The lowest BCUT2D eigenvalue weighted by molar-refractivity contribution is -0.140. The maximum absolute atomic E-state index is 13.5. The van der Waals surface area contributed by atoms with Crippen LogP contribution in [0.2, 0.25) is 0 Å². The second-order valence-corrected chi connectivity index (χ2v) is 7.76. The zero-order valence-corrected chi connectivity index (χ0v) is 17.6. The molecule has 0 bridgehead atoms. The monoisotopic (exact) mass is 460 g/mol. The molecule has 1 aliphatic rings. The van der Waals surface area contributed by atoms with Crippen molar-refractivity contribution in [3.05, 3.63) is 71.0 Å². The topological polar surface area (TPSA) is 71.3 Å². The molecule has 1 saturated heterocycles. The lowest BCUT2D eigenvalue weighted by Crippen LogP contribution is -2.42. The molecular formula is C23H20F4N4O2. The van der Waals surface area contributed by atoms with Gasteiger partial charge in [0.15, 0.2) is 0 Å². The van der Waals surface area contributed by atoms with Crippen molar-refractivity contribution in [3.8, 4) is 11.5 Å². The SMILES string of the molecule is CC1CN(C(=O)Nc2nnc(-c3ccccc3)o2)CCC1=Cc1ccc(F)c(C(F)(F)F)c1. The predicted molar refractivity (Wildman–Crippen MR) is 113 cm³/mol. The van der Waals surface area contributed by atoms with E-state index in [2.05, 4.69) is 15.5 Å². The fourth-order valence-corrected chi connectivity index (χ4v) is 3.65. The Morgan fingerprint density at radius 3 is 2.64 bits per heavy atom. The number of urea groups is 1. The van der Waals surface area contributed by atoms with Crippen LogP contribution in [0.3, 0.4) is 0 Å². The molecule has 172 valence electrons. The number of halogens is 4. The molecule has 4 rings (SSSR count). The second-order valence-electron chi connectivity index (χ2n) is 7.76. The molecule has 1 aliphatic heterocycles. The van der Waals surface area contributed by atoms with Gasteiger partial charge >= 0.3 is 18.2 Å². The summed E-state index contributed by atoms with van der Waals surface area (Å²) in [6.07, 6.45) is -2.67. The molecule has 1 aromatic heterocycles. The number of amides is 2. The van der Waals surface area contributed by atoms with Crippen molar-refractivity contribution in [2.45, 2.75) is 19.5 Å². The number of nitrogens with one attached hydrogen (secondary N) is 1. The zero-order chi connectivity index (χ0) is 23.6. The first kappa shape index (κ1) is 22.5. The van der Waals surface area contributed by atoms with E-state index in [0.29, 0.717) is 19.5 Å². The van der Waals surface area contributed by atoms with Gasteiger partial charge in [0, 0.05) is 18.7 Å². The van der Waals surface area contributed by atoms with Crippen LogP contribution in [0, 0.1) is 11.7 Å². The maximum Gasteiger partial charge on any atom is 0.419 e. The predicted octanol–water partition coefficient (Wildman–Crippen LogP) is 5.85. The summed E-state index contributed by atoms with van der Waals surface area (Å²) in [6.45, 7) is 2.58. The van der Waals surface area contributed by atoms with Gasteiger partial charge in [-0.1, -0.05) is 47.9 Å². The van der Waals surface area contributed by atoms with Gasteiger partial charge in [-0.2, -0.15) is 13.2 Å². The van der Waals surface area contributed by atoms with E-state index in [1.54, 1.807) is 23.1 Å². The number of carbonyl (C=O) groups is 1. The molecule has 1 fully saturated rings. The average molecular weight is 460 g/mol. The Morgan fingerprint density at radius 2 is 1.94 bits per heavy atom. The highest BCUT2D eigenvalue weighted by atomic mass is 19.4. The van der Waals surface area contributed by atoms with E-state index >= 15 is 0 Å². The van der Waals surface area contributed by atoms with E-state index in [-0.39, 0.29) is 23.4 Å². The maximum atomic E-state index is 13.5. The molecule has 1 atom stereocenters. The molecule has 1 unspecified atom stereocenters. The number of carbonyl (C=O) groups excluding carboxylic acids is 1. The van der Waals surface area contributed by atoms with Gasteiger partial charge in [-0.25, -0.2) is 9.18 Å². The summed E-state index contributed by atoms with van der Waals surface area (Å²) < 4.78 is 57.9. The van der Waals surface area contributed by atoms with Crippen molar-refractivity contribution < 1.29 is 26.8 Å². The van der Waals surface area contributed by atoms with Crippen LogP contribution in [0.15, 0.2) is 58.5 Å². The highest BCUT2D eigenvalue weighted by molar-refractivity contribution is 5.87. The third-order valence-electron chi connectivity index (χ3n) is 5.39. The van der Waals surface area contributed by atoms with E-state index in [0.717, 1.165) is 23.3 Å². The standard InChI is InChI=1S/C23H20F4N4O2/c1-14-13-31(22(32)28-21-30-29-20(33-21)16-5-3-2-4-6-16)10-9-17(14)11-15-7-8-19(24)18(12-15)23(25,26)27/h2-8,11-12,14H,9-10,13H2,1H3,(H,28,30,32). The molecule has 10 heteroatoms. The van der Waals surface area contributed by atoms with Crippen LogP contribution in [-0.4, -0.2) is 34.2 Å². The van der Waals surface area contributed by atoms with Crippen LogP contribution in [0.25, 0.3) is 17.5 Å². The van der Waals surface area contributed by atoms with E-state index in [4.69, 9.17) is 4.42 Å². The van der Waals surface area contributed by atoms with Crippen molar-refractivity contribution in [1.29, 1.82) is 0 Å². The molecule has 6 nitrogen and oxygen atoms in total. The third kappa shape index (κ3) is 5.21. The number of likely N-dealkylation sites (tertiary alicyclic amines) is 1. The largest absolute Gasteiger partial charge is 0.419 e. The van der Waals surface area contributed by atoms with Crippen LogP contribution < -0.4 is 5.32 Å². The van der Waals surface area contributed by atoms with Crippen molar-refractivity contribution in [3.63, 3.8) is 0 Å². The van der Waals surface area contributed by atoms with Crippen LogP contribution in [-0.2, 0) is 6.18 Å². The van der Waals surface area contributed by atoms with Gasteiger partial charge in [-0.05, 0) is 42.2 Å². The molecule has 0 spiro atoms. The van der Waals surface area contributed by atoms with Gasteiger partial charge < -0.3 is 9.32 Å². The van der Waals surface area contributed by atoms with Gasteiger partial charge in [0.05, 0.1) is 5.56 Å². The van der Waals surface area contributed by atoms with Gasteiger partial charge in [-0.15, -0.1) is 5.10 Å². The van der Waals surface area contributed by atoms with Gasteiger partial charge in [0.2, 0.25) is 5.89 Å².